The molecule has 0 radical (unpaired) electrons. The number of halogens is 1. The SMILES string of the molecule is Fc1ccc(-n2ccc(CN[C@@H]3CNC[C@@H]3Cc3ccccc3)n2)cc1. The summed E-state index contributed by atoms with van der Waals surface area (Å²) >= 11 is 0. The standard InChI is InChI=1S/C21H23FN4/c22-18-6-8-20(9-7-18)26-11-10-19(25-26)14-24-21-15-23-13-17(21)12-16-4-2-1-3-5-16/h1-11,17,21,23-24H,12-15H2/t17-,21+/m0/s1. The Bertz CT molecular complexity index is 829. The summed E-state index contributed by atoms with van der Waals surface area (Å²) in [5, 5.41) is 11.7. The third-order valence-electron chi connectivity index (χ3n) is 4.96. The Morgan fingerprint density at radius 1 is 1.04 bits per heavy atom. The summed E-state index contributed by atoms with van der Waals surface area (Å²) in [4.78, 5) is 0. The van der Waals surface area contributed by atoms with E-state index >= 15 is 0 Å². The van der Waals surface area contributed by atoms with Crippen molar-refractivity contribution in [3.63, 3.8) is 0 Å². The van der Waals surface area contributed by atoms with E-state index in [1.165, 1.54) is 17.7 Å². The summed E-state index contributed by atoms with van der Waals surface area (Å²) in [6.07, 6.45) is 2.99. The van der Waals surface area contributed by atoms with E-state index in [9.17, 15) is 4.39 Å². The van der Waals surface area contributed by atoms with Gasteiger partial charge in [0.2, 0.25) is 0 Å². The molecule has 4 nitrogen and oxygen atoms in total. The second-order valence-corrected chi connectivity index (χ2v) is 6.82. The molecule has 1 fully saturated rings. The van der Waals surface area contributed by atoms with Crippen LogP contribution in [0.4, 0.5) is 4.39 Å². The van der Waals surface area contributed by atoms with Crippen molar-refractivity contribution in [2.75, 3.05) is 13.1 Å². The summed E-state index contributed by atoms with van der Waals surface area (Å²) in [6.45, 7) is 2.75. The molecular weight excluding hydrogens is 327 g/mol. The Balaban J connectivity index is 1.35. The van der Waals surface area contributed by atoms with Crippen molar-refractivity contribution < 1.29 is 4.39 Å². The molecule has 1 aliphatic heterocycles. The molecule has 0 bridgehead atoms. The normalized spacial score (nSPS) is 19.7. The van der Waals surface area contributed by atoms with Crippen LogP contribution in [0.15, 0.2) is 66.9 Å². The van der Waals surface area contributed by atoms with Crippen molar-refractivity contribution in [2.24, 2.45) is 5.92 Å². The lowest BCUT2D eigenvalue weighted by Crippen LogP contribution is -2.36. The van der Waals surface area contributed by atoms with Gasteiger partial charge in [-0.05, 0) is 54.8 Å². The number of benzene rings is 2. The van der Waals surface area contributed by atoms with Gasteiger partial charge in [-0.2, -0.15) is 5.10 Å². The smallest absolute Gasteiger partial charge is 0.123 e. The van der Waals surface area contributed by atoms with Crippen LogP contribution in [0.1, 0.15) is 11.3 Å². The van der Waals surface area contributed by atoms with Crippen LogP contribution in [-0.2, 0) is 13.0 Å². The van der Waals surface area contributed by atoms with Crippen molar-refractivity contribution in [3.8, 4) is 5.69 Å². The zero-order chi connectivity index (χ0) is 17.8. The first kappa shape index (κ1) is 16.9. The minimum Gasteiger partial charge on any atom is -0.315 e. The van der Waals surface area contributed by atoms with Gasteiger partial charge in [0.1, 0.15) is 5.82 Å². The fourth-order valence-corrected chi connectivity index (χ4v) is 3.53. The van der Waals surface area contributed by atoms with E-state index in [2.05, 4.69) is 46.1 Å². The average Bonchev–Trinajstić information content (AvgIpc) is 3.31. The maximum Gasteiger partial charge on any atom is 0.123 e. The minimum atomic E-state index is -0.235. The summed E-state index contributed by atoms with van der Waals surface area (Å²) in [6, 6.07) is 19.5. The number of aromatic nitrogens is 2. The molecule has 1 aromatic heterocycles. The van der Waals surface area contributed by atoms with E-state index in [1.54, 1.807) is 16.8 Å². The van der Waals surface area contributed by atoms with Crippen molar-refractivity contribution in [1.29, 1.82) is 0 Å². The van der Waals surface area contributed by atoms with E-state index in [1.807, 2.05) is 12.3 Å². The van der Waals surface area contributed by atoms with Crippen LogP contribution in [0.25, 0.3) is 5.69 Å². The van der Waals surface area contributed by atoms with E-state index in [0.29, 0.717) is 12.0 Å². The minimum absolute atomic E-state index is 0.235. The molecule has 26 heavy (non-hydrogen) atoms. The molecule has 0 aliphatic carbocycles. The van der Waals surface area contributed by atoms with Gasteiger partial charge < -0.3 is 10.6 Å². The van der Waals surface area contributed by atoms with Crippen molar-refractivity contribution in [3.05, 3.63) is 83.9 Å². The van der Waals surface area contributed by atoms with Crippen molar-refractivity contribution in [1.82, 2.24) is 20.4 Å². The Kier molecular flexibility index (Phi) is 5.09. The highest BCUT2D eigenvalue weighted by molar-refractivity contribution is 5.31. The van der Waals surface area contributed by atoms with E-state index in [0.717, 1.165) is 37.4 Å². The first-order valence-corrected chi connectivity index (χ1v) is 9.06. The second-order valence-electron chi connectivity index (χ2n) is 6.82. The van der Waals surface area contributed by atoms with E-state index in [4.69, 9.17) is 0 Å². The molecule has 134 valence electrons. The molecule has 5 heteroatoms. The predicted octanol–water partition coefficient (Wildman–Crippen LogP) is 2.93. The van der Waals surface area contributed by atoms with Crippen LogP contribution in [0.3, 0.4) is 0 Å². The van der Waals surface area contributed by atoms with Crippen LogP contribution < -0.4 is 10.6 Å². The summed E-state index contributed by atoms with van der Waals surface area (Å²) in [5.41, 5.74) is 3.23. The molecule has 2 aromatic carbocycles. The summed E-state index contributed by atoms with van der Waals surface area (Å²) in [7, 11) is 0. The fourth-order valence-electron chi connectivity index (χ4n) is 3.53. The highest BCUT2D eigenvalue weighted by atomic mass is 19.1. The number of nitrogens with one attached hydrogen (secondary N) is 2. The van der Waals surface area contributed by atoms with Gasteiger partial charge in [-0.15, -0.1) is 0 Å². The van der Waals surface area contributed by atoms with Gasteiger partial charge in [-0.3, -0.25) is 0 Å². The van der Waals surface area contributed by atoms with Crippen LogP contribution in [-0.4, -0.2) is 28.9 Å². The molecule has 4 rings (SSSR count). The van der Waals surface area contributed by atoms with Crippen LogP contribution in [0.5, 0.6) is 0 Å². The lowest BCUT2D eigenvalue weighted by molar-refractivity contribution is 0.421. The summed E-state index contributed by atoms with van der Waals surface area (Å²) < 4.78 is 14.8. The maximum absolute atomic E-state index is 13.0. The first-order chi connectivity index (χ1) is 12.8. The van der Waals surface area contributed by atoms with Crippen molar-refractivity contribution >= 4 is 0 Å². The lowest BCUT2D eigenvalue weighted by atomic mass is 9.95. The van der Waals surface area contributed by atoms with Gasteiger partial charge in [-0.25, -0.2) is 9.07 Å². The molecule has 1 aliphatic rings. The quantitative estimate of drug-likeness (QED) is 0.718. The number of hydrogen-bond acceptors (Lipinski definition) is 3. The zero-order valence-electron chi connectivity index (χ0n) is 14.6. The second kappa shape index (κ2) is 7.81. The molecule has 0 unspecified atom stereocenters. The first-order valence-electron chi connectivity index (χ1n) is 9.06. The Hall–Kier alpha value is -2.50. The van der Waals surface area contributed by atoms with Crippen LogP contribution in [0, 0.1) is 11.7 Å². The molecule has 0 amide bonds. The number of rotatable bonds is 6. The van der Waals surface area contributed by atoms with E-state index < -0.39 is 0 Å². The maximum atomic E-state index is 13.0. The molecule has 2 heterocycles. The molecular formula is C21H23FN4. The fraction of sp³-hybridized carbons (Fsp3) is 0.286. The van der Waals surface area contributed by atoms with Gasteiger partial charge >= 0.3 is 0 Å². The largest absolute Gasteiger partial charge is 0.315 e. The van der Waals surface area contributed by atoms with Gasteiger partial charge in [-0.1, -0.05) is 30.3 Å². The highest BCUT2D eigenvalue weighted by Crippen LogP contribution is 2.16. The van der Waals surface area contributed by atoms with Gasteiger partial charge in [0.15, 0.2) is 0 Å². The third-order valence-corrected chi connectivity index (χ3v) is 4.96. The highest BCUT2D eigenvalue weighted by Gasteiger charge is 2.26. The van der Waals surface area contributed by atoms with E-state index in [-0.39, 0.29) is 5.82 Å². The molecule has 0 spiro atoms. The molecule has 1 saturated heterocycles. The lowest BCUT2D eigenvalue weighted by Gasteiger charge is -2.19. The molecule has 0 saturated carbocycles. The molecule has 2 N–H and O–H groups in total. The Morgan fingerprint density at radius 3 is 2.65 bits per heavy atom. The Morgan fingerprint density at radius 2 is 1.85 bits per heavy atom. The number of hydrogen-bond donors (Lipinski definition) is 2. The van der Waals surface area contributed by atoms with Crippen molar-refractivity contribution in [2.45, 2.75) is 19.0 Å². The average molecular weight is 350 g/mol. The predicted molar refractivity (Wildman–Crippen MR) is 101 cm³/mol. The van der Waals surface area contributed by atoms with Crippen LogP contribution in [0.2, 0.25) is 0 Å². The van der Waals surface area contributed by atoms with Gasteiger partial charge in [0.05, 0.1) is 11.4 Å². The molecule has 2 atom stereocenters. The summed E-state index contributed by atoms with van der Waals surface area (Å²) in [5.74, 6) is 0.345. The van der Waals surface area contributed by atoms with Gasteiger partial charge in [0.25, 0.3) is 0 Å². The third kappa shape index (κ3) is 4.00. The topological polar surface area (TPSA) is 41.9 Å². The Labute approximate surface area is 153 Å². The molecule has 3 aromatic rings. The van der Waals surface area contributed by atoms with Gasteiger partial charge in [0, 0.05) is 25.3 Å². The monoisotopic (exact) mass is 350 g/mol. The number of nitrogens with zero attached hydrogens (tertiary/aromatic N) is 2. The van der Waals surface area contributed by atoms with Crippen LogP contribution >= 0.6 is 0 Å². The zero-order valence-corrected chi connectivity index (χ0v) is 14.6.